The fourth-order valence-corrected chi connectivity index (χ4v) is 2.50. The van der Waals surface area contributed by atoms with Gasteiger partial charge in [0.15, 0.2) is 0 Å². The number of carbonyl (C=O) groups is 4. The number of amides is 2. The number of aromatic amines is 1. The van der Waals surface area contributed by atoms with Crippen LogP contribution in [-0.2, 0) is 25.6 Å². The van der Waals surface area contributed by atoms with Gasteiger partial charge in [0.1, 0.15) is 18.1 Å². The first kappa shape index (κ1) is 22.1. The van der Waals surface area contributed by atoms with Crippen LogP contribution in [0, 0.1) is 5.92 Å². The summed E-state index contributed by atoms with van der Waals surface area (Å²) in [5, 5.41) is 22.5. The lowest BCUT2D eigenvalue weighted by Crippen LogP contribution is -2.61. The number of aliphatic carboxylic acids is 2. The number of rotatable bonds is 11. The smallest absolute Gasteiger partial charge is 0.322 e. The number of hydrogen-bond acceptors (Lipinski definition) is 6. The van der Waals surface area contributed by atoms with Crippen LogP contribution < -0.4 is 16.4 Å². The first-order valence-electron chi connectivity index (χ1n) is 8.32. The summed E-state index contributed by atoms with van der Waals surface area (Å²) in [6.07, 6.45) is 2.22. The number of aromatic nitrogens is 2. The minimum absolute atomic E-state index is 0.00475. The summed E-state index contributed by atoms with van der Waals surface area (Å²) in [7, 11) is 0. The summed E-state index contributed by atoms with van der Waals surface area (Å²) in [6.45, 7) is 3.04. The molecule has 7 N–H and O–H groups in total. The first-order chi connectivity index (χ1) is 12.5. The van der Waals surface area contributed by atoms with Gasteiger partial charge in [0.05, 0.1) is 12.7 Å². The van der Waals surface area contributed by atoms with Gasteiger partial charge in [-0.1, -0.05) is 13.8 Å². The Morgan fingerprint density at radius 1 is 1.26 bits per heavy atom. The molecule has 1 rings (SSSR count). The summed E-state index contributed by atoms with van der Waals surface area (Å²) in [5.74, 6) is -4.00. The normalized spacial score (nSPS) is 14.2. The van der Waals surface area contributed by atoms with Crippen LogP contribution in [0.5, 0.6) is 0 Å². The predicted molar refractivity (Wildman–Crippen MR) is 93.5 cm³/mol. The van der Waals surface area contributed by atoms with Gasteiger partial charge in [-0.15, -0.1) is 0 Å². The number of H-pyrrole nitrogens is 1. The van der Waals surface area contributed by atoms with E-state index in [1.165, 1.54) is 12.5 Å². The van der Waals surface area contributed by atoms with E-state index in [1.54, 1.807) is 0 Å². The Balaban J connectivity index is 2.96. The maximum absolute atomic E-state index is 12.7. The summed E-state index contributed by atoms with van der Waals surface area (Å²) in [6, 6.07) is -1.05. The molecular weight excluding hydrogens is 358 g/mol. The van der Waals surface area contributed by atoms with E-state index in [0.717, 1.165) is 0 Å². The van der Waals surface area contributed by atoms with Crippen LogP contribution >= 0.6 is 0 Å². The zero-order chi connectivity index (χ0) is 20.6. The average molecular weight is 383 g/mol. The van der Waals surface area contributed by atoms with Gasteiger partial charge in [0, 0.05) is 18.3 Å². The Morgan fingerprint density at radius 2 is 1.93 bits per heavy atom. The largest absolute Gasteiger partial charge is 0.481 e. The first-order valence-corrected chi connectivity index (χ1v) is 8.32. The number of nitrogens with one attached hydrogen (secondary N) is 3. The van der Waals surface area contributed by atoms with Crippen LogP contribution in [0.3, 0.4) is 0 Å². The molecule has 150 valence electrons. The molecule has 1 heterocycles. The van der Waals surface area contributed by atoms with Crippen LogP contribution in [0.15, 0.2) is 12.5 Å². The van der Waals surface area contributed by atoms with Crippen LogP contribution in [0.2, 0.25) is 0 Å². The summed E-state index contributed by atoms with van der Waals surface area (Å²) in [4.78, 5) is 53.3. The van der Waals surface area contributed by atoms with Crippen molar-refractivity contribution >= 4 is 23.8 Å². The maximum Gasteiger partial charge on any atom is 0.322 e. The van der Waals surface area contributed by atoms with Gasteiger partial charge in [-0.2, -0.15) is 0 Å². The highest BCUT2D eigenvalue weighted by Crippen LogP contribution is 2.16. The average Bonchev–Trinajstić information content (AvgIpc) is 3.03. The van der Waals surface area contributed by atoms with E-state index in [2.05, 4.69) is 20.6 Å². The third-order valence-electron chi connectivity index (χ3n) is 3.72. The van der Waals surface area contributed by atoms with E-state index >= 15 is 0 Å². The van der Waals surface area contributed by atoms with E-state index in [9.17, 15) is 19.2 Å². The molecule has 11 heteroatoms. The summed E-state index contributed by atoms with van der Waals surface area (Å²) >= 11 is 0. The van der Waals surface area contributed by atoms with Crippen molar-refractivity contribution in [3.63, 3.8) is 0 Å². The molecule has 0 fully saturated rings. The highest BCUT2D eigenvalue weighted by molar-refractivity contribution is 5.95. The molecule has 1 aromatic heterocycles. The van der Waals surface area contributed by atoms with Gasteiger partial charge in [-0.3, -0.25) is 19.2 Å². The summed E-state index contributed by atoms with van der Waals surface area (Å²) < 4.78 is 0. The van der Waals surface area contributed by atoms with E-state index in [-0.39, 0.29) is 18.8 Å². The number of hydrogen-bond donors (Lipinski definition) is 6. The van der Waals surface area contributed by atoms with Crippen molar-refractivity contribution in [2.45, 2.75) is 44.7 Å². The second-order valence-corrected chi connectivity index (χ2v) is 6.75. The quantitative estimate of drug-likeness (QED) is 0.276. The number of carbonyl (C=O) groups excluding carboxylic acids is 2. The standard InChI is InChI=1S/C16H25N5O6/c1-9(2)3-11(14(26)19-7-13(24)25)21-15(27)16(17,5-12(22)23)4-10-6-18-8-20-10/h6,8-9,11H,3-5,7,17H2,1-2H3,(H,18,20)(H,19,26)(H,21,27)(H,22,23)(H,24,25)/t11-,16+/m0/s1. The van der Waals surface area contributed by atoms with Crippen molar-refractivity contribution in [2.75, 3.05) is 6.54 Å². The topological polar surface area (TPSA) is 187 Å². The molecular formula is C16H25N5O6. The van der Waals surface area contributed by atoms with Gasteiger partial charge in [0.25, 0.3) is 0 Å². The van der Waals surface area contributed by atoms with Crippen molar-refractivity contribution in [3.05, 3.63) is 18.2 Å². The molecule has 2 amide bonds. The number of nitrogens with zero attached hydrogens (tertiary/aromatic N) is 1. The monoisotopic (exact) mass is 383 g/mol. The van der Waals surface area contributed by atoms with Crippen LogP contribution in [-0.4, -0.2) is 62.1 Å². The van der Waals surface area contributed by atoms with E-state index in [0.29, 0.717) is 5.69 Å². The molecule has 0 aliphatic heterocycles. The van der Waals surface area contributed by atoms with Gasteiger partial charge in [0.2, 0.25) is 11.8 Å². The number of carboxylic acid groups (broad SMARTS) is 2. The van der Waals surface area contributed by atoms with Crippen molar-refractivity contribution in [1.82, 2.24) is 20.6 Å². The van der Waals surface area contributed by atoms with Crippen molar-refractivity contribution < 1.29 is 29.4 Å². The van der Waals surface area contributed by atoms with Gasteiger partial charge in [-0.05, 0) is 12.3 Å². The fourth-order valence-electron chi connectivity index (χ4n) is 2.50. The minimum Gasteiger partial charge on any atom is -0.481 e. The molecule has 2 atom stereocenters. The Bertz CT molecular complexity index is 675. The SMILES string of the molecule is CC(C)C[C@H](NC(=O)[C@](N)(CC(=O)O)Cc1cnc[nH]1)C(=O)NCC(=O)O. The van der Waals surface area contributed by atoms with E-state index in [4.69, 9.17) is 15.9 Å². The maximum atomic E-state index is 12.7. The molecule has 1 aromatic rings. The Hall–Kier alpha value is -2.95. The highest BCUT2D eigenvalue weighted by atomic mass is 16.4. The molecule has 0 aromatic carbocycles. The summed E-state index contributed by atoms with van der Waals surface area (Å²) in [5.41, 5.74) is 4.71. The van der Waals surface area contributed by atoms with Crippen molar-refractivity contribution in [3.8, 4) is 0 Å². The molecule has 27 heavy (non-hydrogen) atoms. The molecule has 0 saturated carbocycles. The predicted octanol–water partition coefficient (Wildman–Crippen LogP) is -1.14. The lowest BCUT2D eigenvalue weighted by Gasteiger charge is -2.29. The van der Waals surface area contributed by atoms with Gasteiger partial charge in [-0.25, -0.2) is 4.98 Å². The zero-order valence-corrected chi connectivity index (χ0v) is 15.2. The lowest BCUT2D eigenvalue weighted by atomic mass is 9.89. The number of imidazole rings is 1. The molecule has 0 saturated heterocycles. The third kappa shape index (κ3) is 7.44. The second kappa shape index (κ2) is 9.67. The molecule has 11 nitrogen and oxygen atoms in total. The lowest BCUT2D eigenvalue weighted by molar-refractivity contribution is -0.143. The third-order valence-corrected chi connectivity index (χ3v) is 3.72. The molecule has 0 bridgehead atoms. The molecule has 0 radical (unpaired) electrons. The van der Waals surface area contributed by atoms with Crippen molar-refractivity contribution in [1.29, 1.82) is 0 Å². The van der Waals surface area contributed by atoms with Crippen LogP contribution in [0.25, 0.3) is 0 Å². The Morgan fingerprint density at radius 3 is 2.41 bits per heavy atom. The van der Waals surface area contributed by atoms with Gasteiger partial charge >= 0.3 is 11.9 Å². The van der Waals surface area contributed by atoms with Crippen LogP contribution in [0.1, 0.15) is 32.4 Å². The Labute approximate surface area is 155 Å². The molecule has 0 aliphatic rings. The van der Waals surface area contributed by atoms with Gasteiger partial charge < -0.3 is 31.6 Å². The fraction of sp³-hybridized carbons (Fsp3) is 0.562. The number of carboxylic acids is 2. The minimum atomic E-state index is -1.82. The zero-order valence-electron chi connectivity index (χ0n) is 15.2. The van der Waals surface area contributed by atoms with Crippen molar-refractivity contribution in [2.24, 2.45) is 11.7 Å². The Kier molecular flexibility index (Phi) is 7.91. The molecule has 0 spiro atoms. The van der Waals surface area contributed by atoms with E-state index in [1.807, 2.05) is 13.8 Å². The van der Waals surface area contributed by atoms with Crippen LogP contribution in [0.4, 0.5) is 0 Å². The second-order valence-electron chi connectivity index (χ2n) is 6.75. The number of nitrogens with two attached hydrogens (primary N) is 1. The molecule has 0 unspecified atom stereocenters. The molecule has 0 aliphatic carbocycles. The van der Waals surface area contributed by atoms with E-state index < -0.39 is 48.3 Å². The highest BCUT2D eigenvalue weighted by Gasteiger charge is 2.39.